The third-order valence-electron chi connectivity index (χ3n) is 5.52. The van der Waals surface area contributed by atoms with Crippen LogP contribution in [0, 0.1) is 13.8 Å². The van der Waals surface area contributed by atoms with Gasteiger partial charge in [0, 0.05) is 17.5 Å². The SMILES string of the molecule is COc1ccc(-c2cnoc2-c2cc(C)c(C)c(OC)c2)cc1NC(=O)C([NH3+])CCC(=O)O.[Cl-]. The minimum absolute atomic E-state index is 0. The maximum atomic E-state index is 12.6. The summed E-state index contributed by atoms with van der Waals surface area (Å²) in [4.78, 5) is 23.3. The Labute approximate surface area is 203 Å². The van der Waals surface area contributed by atoms with Gasteiger partial charge < -0.3 is 42.6 Å². The summed E-state index contributed by atoms with van der Waals surface area (Å²) in [6.45, 7) is 3.99. The number of quaternary nitrogens is 1. The van der Waals surface area contributed by atoms with Crippen LogP contribution in [0.5, 0.6) is 11.5 Å². The van der Waals surface area contributed by atoms with E-state index in [9.17, 15) is 9.59 Å². The number of halogens is 1. The molecule has 1 heterocycles. The number of hydrogen-bond donors (Lipinski definition) is 3. The van der Waals surface area contributed by atoms with E-state index < -0.39 is 17.9 Å². The smallest absolute Gasteiger partial charge is 0.303 e. The molecule has 0 fully saturated rings. The molecule has 0 saturated carbocycles. The second-order valence-electron chi connectivity index (χ2n) is 7.72. The Morgan fingerprint density at radius 3 is 2.47 bits per heavy atom. The molecule has 34 heavy (non-hydrogen) atoms. The Kier molecular flexibility index (Phi) is 9.05. The first kappa shape index (κ1) is 26.7. The van der Waals surface area contributed by atoms with E-state index in [0.29, 0.717) is 17.2 Å². The normalized spacial score (nSPS) is 11.3. The van der Waals surface area contributed by atoms with E-state index in [2.05, 4.69) is 16.2 Å². The molecular weight excluding hydrogens is 462 g/mol. The maximum absolute atomic E-state index is 12.6. The number of carboxylic acids is 1. The van der Waals surface area contributed by atoms with Crippen molar-refractivity contribution in [3.63, 3.8) is 0 Å². The van der Waals surface area contributed by atoms with Crippen molar-refractivity contribution < 1.29 is 46.8 Å². The van der Waals surface area contributed by atoms with E-state index >= 15 is 0 Å². The molecule has 9 nitrogen and oxygen atoms in total. The van der Waals surface area contributed by atoms with E-state index in [1.165, 1.54) is 7.11 Å². The second kappa shape index (κ2) is 11.5. The van der Waals surface area contributed by atoms with Crippen LogP contribution < -0.4 is 32.9 Å². The lowest BCUT2D eigenvalue weighted by Gasteiger charge is -2.14. The molecule has 0 radical (unpaired) electrons. The molecule has 5 N–H and O–H groups in total. The van der Waals surface area contributed by atoms with Crippen molar-refractivity contribution in [2.24, 2.45) is 0 Å². The van der Waals surface area contributed by atoms with E-state index in [0.717, 1.165) is 33.6 Å². The predicted molar refractivity (Wildman–Crippen MR) is 122 cm³/mol. The highest BCUT2D eigenvalue weighted by molar-refractivity contribution is 5.96. The van der Waals surface area contributed by atoms with Gasteiger partial charge in [0.2, 0.25) is 0 Å². The highest BCUT2D eigenvalue weighted by Gasteiger charge is 2.21. The Bertz CT molecular complexity index is 1180. The summed E-state index contributed by atoms with van der Waals surface area (Å²) in [5, 5.41) is 15.6. The topological polar surface area (TPSA) is 139 Å². The van der Waals surface area contributed by atoms with Gasteiger partial charge >= 0.3 is 5.97 Å². The molecule has 1 unspecified atom stereocenters. The Hall–Kier alpha value is -3.56. The first-order valence-corrected chi connectivity index (χ1v) is 10.4. The summed E-state index contributed by atoms with van der Waals surface area (Å²) in [6.07, 6.45) is 1.61. The summed E-state index contributed by atoms with van der Waals surface area (Å²) in [6, 6.07) is 8.52. The standard InChI is InChI=1S/C24H27N3O6.ClH/c1-13-9-16(11-21(32-4)14(13)2)23-17(12-26-33-23)15-5-7-20(31-3)19(10-15)27-24(30)18(25)6-8-22(28)29;/h5,7,9-12,18H,6,8,25H2,1-4H3,(H,27,30)(H,28,29);1H. The number of rotatable bonds is 9. The van der Waals surface area contributed by atoms with Crippen LogP contribution in [0.25, 0.3) is 22.5 Å². The number of anilines is 1. The molecule has 0 bridgehead atoms. The molecule has 182 valence electrons. The number of ether oxygens (including phenoxy) is 2. The fourth-order valence-electron chi connectivity index (χ4n) is 3.46. The molecule has 3 aromatic rings. The van der Waals surface area contributed by atoms with Crippen molar-refractivity contribution in [1.29, 1.82) is 0 Å². The number of nitrogens with zero attached hydrogens (tertiary/aromatic N) is 1. The number of aliphatic carboxylic acids is 1. The molecule has 2 aromatic carbocycles. The van der Waals surface area contributed by atoms with Crippen molar-refractivity contribution in [2.75, 3.05) is 19.5 Å². The molecule has 0 spiro atoms. The minimum Gasteiger partial charge on any atom is -1.00 e. The highest BCUT2D eigenvalue weighted by atomic mass is 35.5. The summed E-state index contributed by atoms with van der Waals surface area (Å²) < 4.78 is 16.5. The van der Waals surface area contributed by atoms with Crippen molar-refractivity contribution in [3.8, 4) is 33.9 Å². The highest BCUT2D eigenvalue weighted by Crippen LogP contribution is 2.38. The fraction of sp³-hybridized carbons (Fsp3) is 0.292. The van der Waals surface area contributed by atoms with E-state index in [1.54, 1.807) is 25.4 Å². The molecular formula is C24H28ClN3O6. The van der Waals surface area contributed by atoms with Gasteiger partial charge in [-0.2, -0.15) is 0 Å². The van der Waals surface area contributed by atoms with Crippen LogP contribution in [0.4, 0.5) is 5.69 Å². The first-order valence-electron chi connectivity index (χ1n) is 10.4. The maximum Gasteiger partial charge on any atom is 0.303 e. The number of aryl methyl sites for hydroxylation is 1. The number of methoxy groups -OCH3 is 2. The molecule has 0 saturated heterocycles. The number of benzene rings is 2. The van der Waals surface area contributed by atoms with Crippen LogP contribution in [0.15, 0.2) is 41.1 Å². The van der Waals surface area contributed by atoms with Crippen LogP contribution in [0.2, 0.25) is 0 Å². The third-order valence-corrected chi connectivity index (χ3v) is 5.52. The van der Waals surface area contributed by atoms with Crippen molar-refractivity contribution >= 4 is 17.6 Å². The quantitative estimate of drug-likeness (QED) is 0.386. The van der Waals surface area contributed by atoms with Gasteiger partial charge in [-0.05, 0) is 54.8 Å². The predicted octanol–water partition coefficient (Wildman–Crippen LogP) is 0.0604. The van der Waals surface area contributed by atoms with Gasteiger partial charge in [-0.15, -0.1) is 0 Å². The molecule has 1 amide bonds. The van der Waals surface area contributed by atoms with Crippen LogP contribution in [-0.2, 0) is 9.59 Å². The van der Waals surface area contributed by atoms with Crippen molar-refractivity contribution in [3.05, 3.63) is 47.7 Å². The number of carboxylic acid groups (broad SMARTS) is 1. The Morgan fingerprint density at radius 2 is 1.82 bits per heavy atom. The van der Waals surface area contributed by atoms with Gasteiger partial charge in [-0.3, -0.25) is 9.59 Å². The third kappa shape index (κ3) is 5.86. The summed E-state index contributed by atoms with van der Waals surface area (Å²) in [5.41, 5.74) is 8.60. The lowest BCUT2D eigenvalue weighted by atomic mass is 9.98. The number of amides is 1. The average molecular weight is 490 g/mol. The number of aromatic nitrogens is 1. The molecule has 3 rings (SSSR count). The van der Waals surface area contributed by atoms with E-state index in [1.807, 2.05) is 32.0 Å². The van der Waals surface area contributed by atoms with Crippen molar-refractivity contribution in [2.45, 2.75) is 32.7 Å². The molecule has 1 aromatic heterocycles. The van der Waals surface area contributed by atoms with Gasteiger partial charge in [0.05, 0.1) is 32.5 Å². The monoisotopic (exact) mass is 489 g/mol. The minimum atomic E-state index is -0.973. The second-order valence-corrected chi connectivity index (χ2v) is 7.72. The van der Waals surface area contributed by atoms with Gasteiger partial charge in [0.1, 0.15) is 11.5 Å². The van der Waals surface area contributed by atoms with Gasteiger partial charge in [-0.25, -0.2) is 0 Å². The lowest BCUT2D eigenvalue weighted by Crippen LogP contribution is -3.00. The van der Waals surface area contributed by atoms with E-state index in [4.69, 9.17) is 19.1 Å². The van der Waals surface area contributed by atoms with E-state index in [-0.39, 0.29) is 25.2 Å². The average Bonchev–Trinajstić information content (AvgIpc) is 3.29. The summed E-state index contributed by atoms with van der Waals surface area (Å²) in [5.74, 6) is 0.409. The zero-order valence-electron chi connectivity index (χ0n) is 19.5. The lowest BCUT2D eigenvalue weighted by molar-refractivity contribution is -0.403. The number of carbonyl (C=O) groups is 2. The first-order chi connectivity index (χ1) is 15.7. The summed E-state index contributed by atoms with van der Waals surface area (Å²) >= 11 is 0. The van der Waals surface area contributed by atoms with Gasteiger partial charge in [0.25, 0.3) is 5.91 Å². The van der Waals surface area contributed by atoms with Crippen molar-refractivity contribution in [1.82, 2.24) is 5.16 Å². The molecule has 10 heteroatoms. The molecule has 0 aliphatic rings. The number of carbonyl (C=O) groups excluding carboxylic acids is 1. The fourth-order valence-corrected chi connectivity index (χ4v) is 3.46. The Balaban J connectivity index is 0.00000408. The van der Waals surface area contributed by atoms with Crippen LogP contribution in [0.3, 0.4) is 0 Å². The Morgan fingerprint density at radius 1 is 1.12 bits per heavy atom. The zero-order valence-corrected chi connectivity index (χ0v) is 20.2. The van der Waals surface area contributed by atoms with Gasteiger partial charge in [0.15, 0.2) is 11.8 Å². The molecule has 1 atom stereocenters. The number of nitrogens with one attached hydrogen (secondary N) is 1. The zero-order chi connectivity index (χ0) is 24.1. The molecule has 0 aliphatic heterocycles. The van der Waals surface area contributed by atoms with Gasteiger partial charge in [-0.1, -0.05) is 11.2 Å². The largest absolute Gasteiger partial charge is 1.00 e. The number of hydrogen-bond acceptors (Lipinski definition) is 6. The molecule has 0 aliphatic carbocycles. The summed E-state index contributed by atoms with van der Waals surface area (Å²) in [7, 11) is 3.13. The van der Waals surface area contributed by atoms with Crippen LogP contribution >= 0.6 is 0 Å². The van der Waals surface area contributed by atoms with Crippen LogP contribution in [0.1, 0.15) is 24.0 Å². The van der Waals surface area contributed by atoms with Crippen LogP contribution in [-0.4, -0.2) is 42.4 Å².